The molecular formula is C15H33NO4Si. The Hall–Kier alpha value is -0.433. The first-order valence-electron chi connectivity index (χ1n) is 7.68. The van der Waals surface area contributed by atoms with Gasteiger partial charge in [0.05, 0.1) is 13.2 Å². The fraction of sp³-hybridized carbons (Fsp3) is 0.933. The Bertz CT molecular complexity index is 292. The number of nitrogens with one attached hydrogen (secondary N) is 1. The van der Waals surface area contributed by atoms with Crippen LogP contribution < -0.4 is 5.32 Å². The van der Waals surface area contributed by atoms with Crippen LogP contribution >= 0.6 is 0 Å². The summed E-state index contributed by atoms with van der Waals surface area (Å²) in [5.74, 6) is 0.0897. The van der Waals surface area contributed by atoms with Crippen LogP contribution in [0.5, 0.6) is 0 Å². The maximum absolute atomic E-state index is 11.3. The first-order chi connectivity index (χ1) is 9.67. The number of hydrogen-bond donors (Lipinski definition) is 1. The monoisotopic (exact) mass is 319 g/mol. The topological polar surface area (TPSA) is 56.8 Å². The van der Waals surface area contributed by atoms with Crippen molar-refractivity contribution in [3.8, 4) is 0 Å². The van der Waals surface area contributed by atoms with Crippen LogP contribution in [0.15, 0.2) is 0 Å². The van der Waals surface area contributed by atoms with Crippen molar-refractivity contribution in [3.05, 3.63) is 0 Å². The minimum atomic E-state index is -1.05. The molecule has 1 N–H and O–H groups in total. The Kier molecular flexibility index (Phi) is 10.1. The van der Waals surface area contributed by atoms with Gasteiger partial charge in [-0.2, -0.15) is 0 Å². The number of rotatable bonds is 11. The Morgan fingerprint density at radius 1 is 1.19 bits per heavy atom. The molecule has 6 heteroatoms. The van der Waals surface area contributed by atoms with E-state index in [-0.39, 0.29) is 18.1 Å². The molecule has 0 aliphatic carbocycles. The number of hydrogen-bond acceptors (Lipinski definition) is 5. The van der Waals surface area contributed by atoms with Crippen molar-refractivity contribution in [2.24, 2.45) is 5.92 Å². The zero-order valence-corrected chi connectivity index (χ0v) is 15.7. The molecule has 0 spiro atoms. The predicted molar refractivity (Wildman–Crippen MR) is 88.2 cm³/mol. The lowest BCUT2D eigenvalue weighted by Crippen LogP contribution is -2.42. The van der Waals surface area contributed by atoms with Crippen LogP contribution in [-0.4, -0.2) is 53.2 Å². The standard InChI is InChI=1S/C15H33NO4Si/c1-12(2)14(10-16-13(3)15(17)18-4)20-11-19-8-9-21(5,6)7/h12-14,16H,8-11H2,1-7H3/t13-,14+/m0/s1. The van der Waals surface area contributed by atoms with Crippen molar-refractivity contribution in [1.82, 2.24) is 5.32 Å². The van der Waals surface area contributed by atoms with Crippen LogP contribution in [0, 0.1) is 5.92 Å². The third-order valence-corrected chi connectivity index (χ3v) is 4.99. The second kappa shape index (κ2) is 10.3. The van der Waals surface area contributed by atoms with Crippen molar-refractivity contribution < 1.29 is 19.0 Å². The molecule has 0 rings (SSSR count). The maximum Gasteiger partial charge on any atom is 0.322 e. The van der Waals surface area contributed by atoms with E-state index < -0.39 is 8.07 Å². The molecule has 0 aliphatic rings. The van der Waals surface area contributed by atoms with Gasteiger partial charge in [0.1, 0.15) is 12.8 Å². The van der Waals surface area contributed by atoms with Crippen molar-refractivity contribution in [1.29, 1.82) is 0 Å². The average Bonchev–Trinajstić information content (AvgIpc) is 2.38. The normalized spacial score (nSPS) is 15.0. The molecule has 0 amide bonds. The van der Waals surface area contributed by atoms with Gasteiger partial charge in [0.2, 0.25) is 0 Å². The van der Waals surface area contributed by atoms with Crippen LogP contribution in [0.4, 0.5) is 0 Å². The first kappa shape index (κ1) is 20.6. The lowest BCUT2D eigenvalue weighted by Gasteiger charge is -2.24. The van der Waals surface area contributed by atoms with E-state index in [0.29, 0.717) is 19.3 Å². The zero-order valence-electron chi connectivity index (χ0n) is 14.7. The third kappa shape index (κ3) is 10.9. The summed E-state index contributed by atoms with van der Waals surface area (Å²) in [7, 11) is 0.345. The van der Waals surface area contributed by atoms with Gasteiger partial charge in [0, 0.05) is 21.2 Å². The summed E-state index contributed by atoms with van der Waals surface area (Å²) in [5.41, 5.74) is 0. The quantitative estimate of drug-likeness (QED) is 0.274. The summed E-state index contributed by atoms with van der Waals surface area (Å²) in [5, 5.41) is 3.13. The van der Waals surface area contributed by atoms with Crippen LogP contribution in [0.2, 0.25) is 25.7 Å². The maximum atomic E-state index is 11.3. The summed E-state index contributed by atoms with van der Waals surface area (Å²) in [4.78, 5) is 11.3. The van der Waals surface area contributed by atoms with Gasteiger partial charge in [-0.05, 0) is 18.9 Å². The molecule has 2 atom stereocenters. The number of ether oxygens (including phenoxy) is 3. The summed E-state index contributed by atoms with van der Waals surface area (Å²) in [6.45, 7) is 14.6. The summed E-state index contributed by atoms with van der Waals surface area (Å²) < 4.78 is 16.0. The minimum Gasteiger partial charge on any atom is -0.468 e. The third-order valence-electron chi connectivity index (χ3n) is 3.29. The zero-order chi connectivity index (χ0) is 16.5. The van der Waals surface area contributed by atoms with E-state index in [1.807, 2.05) is 0 Å². The van der Waals surface area contributed by atoms with Crippen LogP contribution in [-0.2, 0) is 19.0 Å². The van der Waals surface area contributed by atoms with E-state index in [1.165, 1.54) is 7.11 Å². The Labute approximate surface area is 130 Å². The molecule has 0 saturated heterocycles. The van der Waals surface area contributed by atoms with E-state index >= 15 is 0 Å². The molecule has 0 aromatic heterocycles. The SMILES string of the molecule is COC(=O)[C@H](C)NC[C@@H](OCOCC[Si](C)(C)C)C(C)C. The highest BCUT2D eigenvalue weighted by Gasteiger charge is 2.18. The van der Waals surface area contributed by atoms with Crippen LogP contribution in [0.25, 0.3) is 0 Å². The smallest absolute Gasteiger partial charge is 0.322 e. The van der Waals surface area contributed by atoms with Gasteiger partial charge in [-0.1, -0.05) is 33.5 Å². The number of methoxy groups -OCH3 is 1. The lowest BCUT2D eigenvalue weighted by atomic mass is 10.1. The number of esters is 1. The fourth-order valence-electron chi connectivity index (χ4n) is 1.61. The van der Waals surface area contributed by atoms with Gasteiger partial charge in [0.25, 0.3) is 0 Å². The number of carbonyl (C=O) groups is 1. The second-order valence-electron chi connectivity index (χ2n) is 6.94. The van der Waals surface area contributed by atoms with E-state index in [1.54, 1.807) is 6.92 Å². The Morgan fingerprint density at radius 3 is 2.29 bits per heavy atom. The molecule has 0 bridgehead atoms. The van der Waals surface area contributed by atoms with Crippen molar-refractivity contribution in [2.45, 2.75) is 58.6 Å². The molecule has 21 heavy (non-hydrogen) atoms. The Balaban J connectivity index is 3.95. The van der Waals surface area contributed by atoms with E-state index in [0.717, 1.165) is 12.7 Å². The Morgan fingerprint density at radius 2 is 1.81 bits per heavy atom. The van der Waals surface area contributed by atoms with Crippen molar-refractivity contribution in [2.75, 3.05) is 27.1 Å². The molecule has 0 radical (unpaired) electrons. The molecule has 0 unspecified atom stereocenters. The highest BCUT2D eigenvalue weighted by Crippen LogP contribution is 2.09. The summed E-state index contributed by atoms with van der Waals surface area (Å²) in [6.07, 6.45) is 0.0176. The van der Waals surface area contributed by atoms with Gasteiger partial charge in [0.15, 0.2) is 0 Å². The van der Waals surface area contributed by atoms with Gasteiger partial charge >= 0.3 is 5.97 Å². The fourth-order valence-corrected chi connectivity index (χ4v) is 2.37. The molecule has 0 aromatic carbocycles. The van der Waals surface area contributed by atoms with Gasteiger partial charge in [-0.25, -0.2) is 0 Å². The van der Waals surface area contributed by atoms with E-state index in [4.69, 9.17) is 9.47 Å². The molecule has 0 saturated carbocycles. The molecule has 0 aliphatic heterocycles. The largest absolute Gasteiger partial charge is 0.468 e. The van der Waals surface area contributed by atoms with Crippen LogP contribution in [0.3, 0.4) is 0 Å². The average molecular weight is 320 g/mol. The molecule has 126 valence electrons. The number of carbonyl (C=O) groups excluding carboxylic acids is 1. The molecule has 5 nitrogen and oxygen atoms in total. The summed E-state index contributed by atoms with van der Waals surface area (Å²) >= 11 is 0. The van der Waals surface area contributed by atoms with Gasteiger partial charge in [-0.3, -0.25) is 4.79 Å². The summed E-state index contributed by atoms with van der Waals surface area (Å²) in [6, 6.07) is 0.813. The molecular weight excluding hydrogens is 286 g/mol. The second-order valence-corrected chi connectivity index (χ2v) is 12.6. The van der Waals surface area contributed by atoms with Gasteiger partial charge < -0.3 is 19.5 Å². The van der Waals surface area contributed by atoms with Crippen LogP contribution in [0.1, 0.15) is 20.8 Å². The van der Waals surface area contributed by atoms with Crippen molar-refractivity contribution >= 4 is 14.0 Å². The minimum absolute atomic E-state index is 0.0176. The van der Waals surface area contributed by atoms with E-state index in [9.17, 15) is 4.79 Å². The van der Waals surface area contributed by atoms with Crippen molar-refractivity contribution in [3.63, 3.8) is 0 Å². The van der Waals surface area contributed by atoms with E-state index in [2.05, 4.69) is 43.5 Å². The molecule has 0 fully saturated rings. The lowest BCUT2D eigenvalue weighted by molar-refractivity contribution is -0.143. The van der Waals surface area contributed by atoms with Gasteiger partial charge in [-0.15, -0.1) is 0 Å². The highest BCUT2D eigenvalue weighted by atomic mass is 28.3. The molecule has 0 heterocycles. The first-order valence-corrected chi connectivity index (χ1v) is 11.4. The molecule has 0 aromatic rings. The highest BCUT2D eigenvalue weighted by molar-refractivity contribution is 6.76. The predicted octanol–water partition coefficient (Wildman–Crippen LogP) is 2.49.